The topological polar surface area (TPSA) is 125 Å². The van der Waals surface area contributed by atoms with Crippen molar-refractivity contribution in [2.24, 2.45) is 5.41 Å². The number of benzene rings is 3. The zero-order chi connectivity index (χ0) is 43.3. The van der Waals surface area contributed by atoms with Gasteiger partial charge in [-0.3, -0.25) is 0 Å². The van der Waals surface area contributed by atoms with Crippen molar-refractivity contribution in [1.29, 1.82) is 0 Å². The molecule has 4 aliphatic rings. The summed E-state index contributed by atoms with van der Waals surface area (Å²) in [5.41, 5.74) is 1.08. The van der Waals surface area contributed by atoms with Crippen LogP contribution >= 0.6 is 0 Å². The molecule has 1 aliphatic carbocycles. The number of piperidine rings is 1. The molecular weight excluding hydrogens is 800 g/mol. The Hall–Kier alpha value is -6.01. The fraction of sp³-hybridized carbons (Fsp3) is 0.447. The molecule has 2 atom stereocenters. The summed E-state index contributed by atoms with van der Waals surface area (Å²) < 4.78 is 64.7. The minimum absolute atomic E-state index is 0.00936. The maximum Gasteiger partial charge on any atom is 0.322 e. The van der Waals surface area contributed by atoms with E-state index in [-0.39, 0.29) is 80.9 Å². The van der Waals surface area contributed by atoms with Crippen LogP contribution in [0, 0.1) is 29.4 Å². The van der Waals surface area contributed by atoms with Gasteiger partial charge in [0.15, 0.2) is 5.82 Å². The number of urea groups is 1. The molecule has 0 spiro atoms. The number of nitrogens with one attached hydrogen (secondary N) is 1. The first-order chi connectivity index (χ1) is 30.0. The molecule has 5 heterocycles. The number of carbonyl (C=O) groups is 1. The van der Waals surface area contributed by atoms with Crippen molar-refractivity contribution in [2.75, 3.05) is 63.3 Å². The molecule has 0 radical (unpaired) electrons. The van der Waals surface area contributed by atoms with Crippen molar-refractivity contribution >= 4 is 39.2 Å². The molecule has 3 fully saturated rings. The number of hydrogen-bond acceptors (Lipinski definition) is 10. The van der Waals surface area contributed by atoms with Crippen LogP contribution in [-0.4, -0.2) is 107 Å². The third-order valence-electron chi connectivity index (χ3n) is 13.0. The number of aromatic nitrogens is 3. The molecule has 2 unspecified atom stereocenters. The SMILES string of the molecule is C#Cc1c(F)ccc2cc(O)cc(-c3nc(OC)c4c(N5CC(CC)N(C(=O)Nc6ccc7c(c6)CCO7)C(CC)C5)nc(OCC5(CN6CCC(F)CC6)CC5)nc4c3F)c12. The molecule has 15 heteroatoms. The van der Waals surface area contributed by atoms with Crippen molar-refractivity contribution < 1.29 is 37.3 Å². The monoisotopic (exact) mass is 849 g/mol. The number of amides is 2. The van der Waals surface area contributed by atoms with E-state index in [4.69, 9.17) is 25.6 Å². The third kappa shape index (κ3) is 7.74. The van der Waals surface area contributed by atoms with E-state index in [0.29, 0.717) is 75.4 Å². The summed E-state index contributed by atoms with van der Waals surface area (Å²) >= 11 is 0. The van der Waals surface area contributed by atoms with Crippen LogP contribution in [0.1, 0.15) is 63.5 Å². The molecule has 2 N–H and O–H groups in total. The Labute approximate surface area is 358 Å². The standard InChI is InChI=1S/C47H50F3N7O5/c1-5-31-23-56(24-32(6-2)57(31)46(59)51-30-9-11-37-27(20-30)14-19-61-37)43-39-42(53-45(54-43)62-26-47(15-16-47)25-55-17-12-29(48)13-18-55)40(50)41(52-44(39)60-4)35-22-33(58)21-28-8-10-36(49)34(7-3)38(28)35/h3,8-11,20-22,29,31-32,58H,5-6,12-19,23-26H2,1-2,4H3,(H,51,59). The molecule has 2 saturated heterocycles. The largest absolute Gasteiger partial charge is 0.508 e. The predicted molar refractivity (Wildman–Crippen MR) is 231 cm³/mol. The number of ether oxygens (including phenoxy) is 3. The summed E-state index contributed by atoms with van der Waals surface area (Å²) in [6.45, 7) is 7.71. The molecule has 0 bridgehead atoms. The van der Waals surface area contributed by atoms with Gasteiger partial charge < -0.3 is 39.3 Å². The second-order valence-corrected chi connectivity index (χ2v) is 17.0. The van der Waals surface area contributed by atoms with Crippen LogP contribution < -0.4 is 24.4 Å². The molecule has 5 aromatic rings. The Kier molecular flexibility index (Phi) is 11.1. The van der Waals surface area contributed by atoms with Crippen LogP contribution in [0.15, 0.2) is 42.5 Å². The Bertz CT molecular complexity index is 2580. The minimum Gasteiger partial charge on any atom is -0.508 e. The first kappa shape index (κ1) is 41.3. The molecule has 62 heavy (non-hydrogen) atoms. The number of piperazine rings is 1. The Morgan fingerprint density at radius 3 is 2.48 bits per heavy atom. The van der Waals surface area contributed by atoms with Gasteiger partial charge in [-0.15, -0.1) is 6.42 Å². The zero-order valence-electron chi connectivity index (χ0n) is 35.1. The summed E-state index contributed by atoms with van der Waals surface area (Å²) in [5.74, 6) is 1.76. The van der Waals surface area contributed by atoms with Crippen LogP contribution in [0.5, 0.6) is 23.4 Å². The molecule has 1 saturated carbocycles. The van der Waals surface area contributed by atoms with Gasteiger partial charge in [-0.2, -0.15) is 9.97 Å². The van der Waals surface area contributed by atoms with Gasteiger partial charge in [0.25, 0.3) is 0 Å². The molecular formula is C47H50F3N7O5. The molecule has 3 aliphatic heterocycles. The first-order valence-electron chi connectivity index (χ1n) is 21.5. The van der Waals surface area contributed by atoms with E-state index >= 15 is 8.78 Å². The summed E-state index contributed by atoms with van der Waals surface area (Å²) in [5, 5.41) is 14.7. The number of methoxy groups -OCH3 is 1. The van der Waals surface area contributed by atoms with E-state index < -0.39 is 17.8 Å². The first-order valence-corrected chi connectivity index (χ1v) is 21.5. The lowest BCUT2D eigenvalue weighted by molar-refractivity contribution is 0.107. The van der Waals surface area contributed by atoms with Gasteiger partial charge in [0.05, 0.1) is 38.0 Å². The van der Waals surface area contributed by atoms with E-state index in [1.807, 2.05) is 41.8 Å². The van der Waals surface area contributed by atoms with Crippen molar-refractivity contribution in [1.82, 2.24) is 24.8 Å². The van der Waals surface area contributed by atoms with Gasteiger partial charge in [0, 0.05) is 61.2 Å². The maximum atomic E-state index is 17.5. The van der Waals surface area contributed by atoms with Gasteiger partial charge in [0.2, 0.25) is 5.88 Å². The van der Waals surface area contributed by atoms with Crippen molar-refractivity contribution in [3.05, 3.63) is 65.2 Å². The highest BCUT2D eigenvalue weighted by atomic mass is 19.1. The fourth-order valence-electron chi connectivity index (χ4n) is 9.42. The Balaban J connectivity index is 1.12. The van der Waals surface area contributed by atoms with E-state index in [2.05, 4.69) is 26.1 Å². The Morgan fingerprint density at radius 1 is 1.03 bits per heavy atom. The second kappa shape index (κ2) is 16.7. The van der Waals surface area contributed by atoms with Gasteiger partial charge in [-0.1, -0.05) is 25.8 Å². The van der Waals surface area contributed by atoms with E-state index in [1.54, 1.807) is 0 Å². The average Bonchev–Trinajstić information content (AvgIpc) is 3.88. The van der Waals surface area contributed by atoms with Crippen molar-refractivity contribution in [3.63, 3.8) is 0 Å². The van der Waals surface area contributed by atoms with Crippen molar-refractivity contribution in [3.8, 4) is 47.0 Å². The summed E-state index contributed by atoms with van der Waals surface area (Å²) in [6, 6.07) is 10.2. The number of carbonyl (C=O) groups excluding carboxylic acids is 1. The number of likely N-dealkylation sites (tertiary alicyclic amines) is 1. The highest BCUT2D eigenvalue weighted by Gasteiger charge is 2.46. The minimum atomic E-state index is -0.875. The number of nitrogens with zero attached hydrogens (tertiary/aromatic N) is 6. The average molecular weight is 850 g/mol. The number of fused-ring (bicyclic) bond motifs is 3. The third-order valence-corrected chi connectivity index (χ3v) is 13.0. The lowest BCUT2D eigenvalue weighted by Gasteiger charge is -2.47. The highest BCUT2D eigenvalue weighted by molar-refractivity contribution is 6.04. The molecule has 12 nitrogen and oxygen atoms in total. The smallest absolute Gasteiger partial charge is 0.322 e. The summed E-state index contributed by atoms with van der Waals surface area (Å²) in [7, 11) is 1.41. The molecule has 3 aromatic carbocycles. The van der Waals surface area contributed by atoms with Crippen LogP contribution in [0.2, 0.25) is 0 Å². The van der Waals surface area contributed by atoms with Gasteiger partial charge in [-0.05, 0) is 85.9 Å². The number of anilines is 2. The predicted octanol–water partition coefficient (Wildman–Crippen LogP) is 8.26. The fourth-order valence-corrected chi connectivity index (χ4v) is 9.42. The van der Waals surface area contributed by atoms with Gasteiger partial charge >= 0.3 is 12.0 Å². The van der Waals surface area contributed by atoms with Crippen LogP contribution in [0.3, 0.4) is 0 Å². The number of rotatable bonds is 11. The normalized spacial score (nSPS) is 19.9. The maximum absolute atomic E-state index is 17.5. The van der Waals surface area contributed by atoms with Crippen molar-refractivity contribution in [2.45, 2.75) is 77.0 Å². The van der Waals surface area contributed by atoms with Gasteiger partial charge in [-0.25, -0.2) is 22.9 Å². The molecule has 2 aromatic heterocycles. The quantitative estimate of drug-likeness (QED) is 0.126. The number of pyridine rings is 1. The molecule has 9 rings (SSSR count). The number of phenols is 1. The lowest BCUT2D eigenvalue weighted by atomic mass is 9.95. The highest BCUT2D eigenvalue weighted by Crippen LogP contribution is 2.48. The van der Waals surface area contributed by atoms with Crippen LogP contribution in [-0.2, 0) is 6.42 Å². The number of phenolic OH excluding ortho intramolecular Hbond substituents is 1. The number of terminal acetylenes is 1. The summed E-state index contributed by atoms with van der Waals surface area (Å²) in [6.07, 6.45) is 9.85. The van der Waals surface area contributed by atoms with E-state index in [9.17, 15) is 14.3 Å². The molecule has 2 amide bonds. The van der Waals surface area contributed by atoms with Crippen LogP contribution in [0.25, 0.3) is 32.9 Å². The number of alkyl halides is 1. The number of aromatic hydroxyl groups is 1. The zero-order valence-corrected chi connectivity index (χ0v) is 35.1. The van der Waals surface area contributed by atoms with E-state index in [0.717, 1.165) is 37.1 Å². The number of halogens is 3. The second-order valence-electron chi connectivity index (χ2n) is 17.0. The molecule has 324 valence electrons. The van der Waals surface area contributed by atoms with Crippen LogP contribution in [0.4, 0.5) is 29.5 Å². The Morgan fingerprint density at radius 2 is 1.79 bits per heavy atom. The summed E-state index contributed by atoms with van der Waals surface area (Å²) in [4.78, 5) is 34.6. The van der Waals surface area contributed by atoms with Gasteiger partial charge in [0.1, 0.15) is 45.9 Å². The van der Waals surface area contributed by atoms with E-state index in [1.165, 1.54) is 31.4 Å². The number of hydrogen-bond donors (Lipinski definition) is 2. The lowest BCUT2D eigenvalue weighted by Crippen LogP contribution is -2.61.